The summed E-state index contributed by atoms with van der Waals surface area (Å²) in [7, 11) is 0. The van der Waals surface area contributed by atoms with Crippen LogP contribution in [0.25, 0.3) is 11.3 Å². The Balaban J connectivity index is 1.28. The van der Waals surface area contributed by atoms with E-state index in [2.05, 4.69) is 23.2 Å². The first-order valence-corrected chi connectivity index (χ1v) is 11.4. The average molecular weight is 427 g/mol. The zero-order valence-corrected chi connectivity index (χ0v) is 17.9. The van der Waals surface area contributed by atoms with Crippen molar-refractivity contribution in [2.24, 2.45) is 5.92 Å². The molecule has 3 aliphatic rings. The third kappa shape index (κ3) is 4.84. The lowest BCUT2D eigenvalue weighted by Gasteiger charge is -2.24. The molecular weight excluding hydrogens is 396 g/mol. The van der Waals surface area contributed by atoms with Crippen LogP contribution in [0.2, 0.25) is 0 Å². The summed E-state index contributed by atoms with van der Waals surface area (Å²) in [6.45, 7) is 4.12. The smallest absolute Gasteiger partial charge is 0.351 e. The molecule has 1 aromatic heterocycles. The predicted octanol–water partition coefficient (Wildman–Crippen LogP) is 2.97. The molecule has 1 aliphatic carbocycles. The maximum atomic E-state index is 12.6. The highest BCUT2D eigenvalue weighted by Crippen LogP contribution is 2.31. The Morgan fingerprint density at radius 1 is 1.13 bits per heavy atom. The van der Waals surface area contributed by atoms with Crippen molar-refractivity contribution < 1.29 is 18.9 Å². The highest BCUT2D eigenvalue weighted by molar-refractivity contribution is 5.67. The lowest BCUT2D eigenvalue weighted by molar-refractivity contribution is -0.102. The molecule has 0 spiro atoms. The largest absolute Gasteiger partial charge is 0.475 e. The van der Waals surface area contributed by atoms with Crippen molar-refractivity contribution in [1.82, 2.24) is 9.55 Å². The molecule has 1 aromatic carbocycles. The summed E-state index contributed by atoms with van der Waals surface area (Å²) >= 11 is 0. The fourth-order valence-electron chi connectivity index (χ4n) is 4.76. The van der Waals surface area contributed by atoms with Crippen LogP contribution in [0, 0.1) is 5.92 Å². The van der Waals surface area contributed by atoms with Crippen LogP contribution in [0.3, 0.4) is 0 Å². The second-order valence-electron chi connectivity index (χ2n) is 8.70. The number of hydrogen-bond acceptors (Lipinski definition) is 6. The highest BCUT2D eigenvalue weighted by atomic mass is 16.6. The Labute approximate surface area is 182 Å². The second-order valence-corrected chi connectivity index (χ2v) is 8.70. The standard InChI is InChI=1S/C24H30N2O5/c27-24-25-23(31-16-20-15-28-9-10-30-20)12-22-21-6-5-18(11-19(21)7-8-26(22)24)14-29-13-17-3-1-2-4-17/h5-6,11-12,17,20H,1-4,7-10,13-16H2/t20-/m0/s1. The van der Waals surface area contributed by atoms with Crippen LogP contribution in [-0.2, 0) is 33.8 Å². The van der Waals surface area contributed by atoms with Gasteiger partial charge in [0.25, 0.3) is 0 Å². The van der Waals surface area contributed by atoms with Gasteiger partial charge in [-0.3, -0.25) is 4.57 Å². The van der Waals surface area contributed by atoms with Gasteiger partial charge in [0.1, 0.15) is 12.7 Å². The quantitative estimate of drug-likeness (QED) is 0.678. The Hall–Kier alpha value is -2.22. The number of fused-ring (bicyclic) bond motifs is 3. The average Bonchev–Trinajstić information content (AvgIpc) is 3.32. The monoisotopic (exact) mass is 426 g/mol. The Morgan fingerprint density at radius 2 is 2.03 bits per heavy atom. The molecule has 0 bridgehead atoms. The van der Waals surface area contributed by atoms with Crippen molar-refractivity contribution in [3.05, 3.63) is 45.9 Å². The summed E-state index contributed by atoms with van der Waals surface area (Å²) < 4.78 is 24.5. The summed E-state index contributed by atoms with van der Waals surface area (Å²) in [5.74, 6) is 1.06. The van der Waals surface area contributed by atoms with Crippen LogP contribution >= 0.6 is 0 Å². The van der Waals surface area contributed by atoms with Crippen molar-refractivity contribution >= 4 is 0 Å². The van der Waals surface area contributed by atoms with Crippen molar-refractivity contribution in [3.8, 4) is 17.1 Å². The Morgan fingerprint density at radius 3 is 2.87 bits per heavy atom. The first-order valence-electron chi connectivity index (χ1n) is 11.4. The maximum absolute atomic E-state index is 12.6. The molecule has 1 saturated carbocycles. The van der Waals surface area contributed by atoms with Crippen LogP contribution in [0.5, 0.6) is 5.88 Å². The molecule has 1 atom stereocenters. The topological polar surface area (TPSA) is 71.8 Å². The van der Waals surface area contributed by atoms with Gasteiger partial charge in [-0.05, 0) is 36.3 Å². The lowest BCUT2D eigenvalue weighted by atomic mass is 9.96. The lowest BCUT2D eigenvalue weighted by Crippen LogP contribution is -2.34. The zero-order valence-electron chi connectivity index (χ0n) is 17.9. The fraction of sp³-hybridized carbons (Fsp3) is 0.583. The van der Waals surface area contributed by atoms with Gasteiger partial charge in [0, 0.05) is 24.8 Å². The van der Waals surface area contributed by atoms with Crippen molar-refractivity contribution in [2.75, 3.05) is 33.0 Å². The molecule has 3 heterocycles. The van der Waals surface area contributed by atoms with Gasteiger partial charge in [-0.2, -0.15) is 4.98 Å². The van der Waals surface area contributed by atoms with E-state index in [0.717, 1.165) is 30.2 Å². The molecule has 0 amide bonds. The van der Waals surface area contributed by atoms with Gasteiger partial charge in [-0.15, -0.1) is 0 Å². The number of nitrogens with zero attached hydrogens (tertiary/aromatic N) is 2. The number of ether oxygens (including phenoxy) is 4. The van der Waals surface area contributed by atoms with Gasteiger partial charge in [-0.25, -0.2) is 4.79 Å². The molecule has 0 unspecified atom stereocenters. The van der Waals surface area contributed by atoms with Crippen LogP contribution in [0.4, 0.5) is 0 Å². The van der Waals surface area contributed by atoms with E-state index in [9.17, 15) is 4.79 Å². The van der Waals surface area contributed by atoms with Crippen molar-refractivity contribution in [3.63, 3.8) is 0 Å². The number of rotatable bonds is 7. The van der Waals surface area contributed by atoms with E-state index < -0.39 is 0 Å². The summed E-state index contributed by atoms with van der Waals surface area (Å²) in [5.41, 5.74) is 4.07. The number of aryl methyl sites for hydroxylation is 1. The van der Waals surface area contributed by atoms with E-state index in [1.54, 1.807) is 4.57 Å². The van der Waals surface area contributed by atoms with Gasteiger partial charge < -0.3 is 18.9 Å². The normalized spacial score (nSPS) is 21.0. The van der Waals surface area contributed by atoms with Crippen LogP contribution in [0.15, 0.2) is 29.1 Å². The van der Waals surface area contributed by atoms with Gasteiger partial charge in [-0.1, -0.05) is 31.0 Å². The second kappa shape index (κ2) is 9.51. The molecule has 2 fully saturated rings. The van der Waals surface area contributed by atoms with Gasteiger partial charge >= 0.3 is 5.69 Å². The van der Waals surface area contributed by atoms with Crippen LogP contribution in [-0.4, -0.2) is 48.7 Å². The molecule has 31 heavy (non-hydrogen) atoms. The first kappa shape index (κ1) is 20.7. The summed E-state index contributed by atoms with van der Waals surface area (Å²) in [4.78, 5) is 16.7. The molecule has 166 valence electrons. The van der Waals surface area contributed by atoms with Gasteiger partial charge in [0.15, 0.2) is 0 Å². The van der Waals surface area contributed by atoms with E-state index in [1.807, 2.05) is 6.07 Å². The van der Waals surface area contributed by atoms with E-state index in [4.69, 9.17) is 18.9 Å². The molecular formula is C24H30N2O5. The van der Waals surface area contributed by atoms with E-state index in [-0.39, 0.29) is 11.8 Å². The molecule has 1 saturated heterocycles. The van der Waals surface area contributed by atoms with Crippen molar-refractivity contribution in [2.45, 2.75) is 51.4 Å². The molecule has 2 aliphatic heterocycles. The number of benzene rings is 1. The summed E-state index contributed by atoms with van der Waals surface area (Å²) in [6, 6.07) is 8.27. The van der Waals surface area contributed by atoms with Crippen molar-refractivity contribution in [1.29, 1.82) is 0 Å². The van der Waals surface area contributed by atoms with E-state index >= 15 is 0 Å². The predicted molar refractivity (Wildman–Crippen MR) is 115 cm³/mol. The Bertz CT molecular complexity index is 961. The molecule has 7 nitrogen and oxygen atoms in total. The summed E-state index contributed by atoms with van der Waals surface area (Å²) in [6.07, 6.45) is 5.96. The van der Waals surface area contributed by atoms with E-state index in [1.165, 1.54) is 36.8 Å². The Kier molecular flexibility index (Phi) is 6.34. The molecule has 2 aromatic rings. The van der Waals surface area contributed by atoms with E-state index in [0.29, 0.717) is 45.5 Å². The number of aromatic nitrogens is 2. The minimum Gasteiger partial charge on any atom is -0.475 e. The molecule has 7 heteroatoms. The molecule has 0 radical (unpaired) electrons. The molecule has 0 N–H and O–H groups in total. The minimum absolute atomic E-state index is 0.131. The highest BCUT2D eigenvalue weighted by Gasteiger charge is 2.21. The maximum Gasteiger partial charge on any atom is 0.351 e. The van der Waals surface area contributed by atoms with Gasteiger partial charge in [0.2, 0.25) is 5.88 Å². The minimum atomic E-state index is -0.275. The molecule has 5 rings (SSSR count). The third-order valence-electron chi connectivity index (χ3n) is 6.44. The van der Waals surface area contributed by atoms with Gasteiger partial charge in [0.05, 0.1) is 32.1 Å². The first-order chi connectivity index (χ1) is 15.3. The zero-order chi connectivity index (χ0) is 21.0. The summed E-state index contributed by atoms with van der Waals surface area (Å²) in [5, 5.41) is 0. The van der Waals surface area contributed by atoms with Crippen LogP contribution in [0.1, 0.15) is 36.8 Å². The SMILES string of the molecule is O=c1nc(OC[C@@H]2COCCO2)cc2n1CCc1cc(COCC3CCCC3)ccc1-2. The van der Waals surface area contributed by atoms with Crippen LogP contribution < -0.4 is 10.4 Å². The number of hydrogen-bond donors (Lipinski definition) is 0. The fourth-order valence-corrected chi connectivity index (χ4v) is 4.76. The third-order valence-corrected chi connectivity index (χ3v) is 6.44.